The molecule has 3 aromatic rings. The van der Waals surface area contributed by atoms with E-state index in [2.05, 4.69) is 0 Å². The number of anilines is 1. The van der Waals surface area contributed by atoms with Gasteiger partial charge in [-0.15, -0.1) is 0 Å². The molecule has 0 aliphatic rings. The van der Waals surface area contributed by atoms with Gasteiger partial charge in [0.2, 0.25) is 0 Å². The Morgan fingerprint density at radius 1 is 1.05 bits per heavy atom. The van der Waals surface area contributed by atoms with E-state index in [0.717, 1.165) is 22.3 Å². The number of rotatable bonds is 4. The lowest BCUT2D eigenvalue weighted by atomic mass is 10.2. The Labute approximate surface area is 116 Å². The number of nitrogens with zero attached hydrogens (tertiary/aromatic N) is 1. The summed E-state index contributed by atoms with van der Waals surface area (Å²) in [7, 11) is 0. The van der Waals surface area contributed by atoms with Gasteiger partial charge in [-0.05, 0) is 48.5 Å². The van der Waals surface area contributed by atoms with Crippen LogP contribution in [0.3, 0.4) is 0 Å². The molecule has 1 aromatic heterocycles. The summed E-state index contributed by atoms with van der Waals surface area (Å²) in [6, 6.07) is 14.0. The minimum absolute atomic E-state index is 0.214. The summed E-state index contributed by atoms with van der Waals surface area (Å²) < 4.78 is 20.8. The van der Waals surface area contributed by atoms with Crippen molar-refractivity contribution in [3.8, 4) is 5.75 Å². The molecule has 0 atom stereocenters. The molecular formula is C16H15FN2O. The maximum Gasteiger partial charge on any atom is 0.123 e. The van der Waals surface area contributed by atoms with Gasteiger partial charge in [0.05, 0.1) is 6.54 Å². The summed E-state index contributed by atoms with van der Waals surface area (Å²) in [5.74, 6) is 0.579. The minimum Gasteiger partial charge on any atom is -0.492 e. The average molecular weight is 270 g/mol. The Morgan fingerprint density at radius 3 is 2.65 bits per heavy atom. The number of aromatic nitrogens is 1. The van der Waals surface area contributed by atoms with Crippen molar-refractivity contribution in [3.63, 3.8) is 0 Å². The number of fused-ring (bicyclic) bond motifs is 1. The standard InChI is InChI=1S/C16H15FN2O/c17-13-1-6-16-12(11-13)7-8-19(16)9-10-20-15-4-2-14(18)3-5-15/h1-8,11H,9-10,18H2. The summed E-state index contributed by atoms with van der Waals surface area (Å²) in [5.41, 5.74) is 7.34. The maximum absolute atomic E-state index is 13.1. The van der Waals surface area contributed by atoms with Gasteiger partial charge in [-0.1, -0.05) is 0 Å². The van der Waals surface area contributed by atoms with Crippen LogP contribution in [0.1, 0.15) is 0 Å². The van der Waals surface area contributed by atoms with Crippen LogP contribution in [-0.2, 0) is 6.54 Å². The lowest BCUT2D eigenvalue weighted by Gasteiger charge is -2.08. The number of hydrogen-bond donors (Lipinski definition) is 1. The Hall–Kier alpha value is -2.49. The van der Waals surface area contributed by atoms with Crippen LogP contribution in [0, 0.1) is 5.82 Å². The Kier molecular flexibility index (Phi) is 3.29. The second-order valence-electron chi connectivity index (χ2n) is 4.63. The van der Waals surface area contributed by atoms with Gasteiger partial charge >= 0.3 is 0 Å². The monoisotopic (exact) mass is 270 g/mol. The smallest absolute Gasteiger partial charge is 0.123 e. The maximum atomic E-state index is 13.1. The molecule has 2 aromatic carbocycles. The highest BCUT2D eigenvalue weighted by Gasteiger charge is 2.02. The molecule has 0 fully saturated rings. The fraction of sp³-hybridized carbons (Fsp3) is 0.125. The van der Waals surface area contributed by atoms with E-state index in [0.29, 0.717) is 13.2 Å². The Bertz CT molecular complexity index is 719. The van der Waals surface area contributed by atoms with Crippen LogP contribution < -0.4 is 10.5 Å². The van der Waals surface area contributed by atoms with Crippen molar-refractivity contribution in [1.29, 1.82) is 0 Å². The molecule has 2 N–H and O–H groups in total. The zero-order chi connectivity index (χ0) is 13.9. The largest absolute Gasteiger partial charge is 0.492 e. The van der Waals surface area contributed by atoms with Crippen LogP contribution in [0.5, 0.6) is 5.75 Å². The first-order chi connectivity index (χ1) is 9.72. The van der Waals surface area contributed by atoms with Crippen LogP contribution in [0.2, 0.25) is 0 Å². The number of benzene rings is 2. The molecule has 0 radical (unpaired) electrons. The summed E-state index contributed by atoms with van der Waals surface area (Å²) >= 11 is 0. The highest BCUT2D eigenvalue weighted by Crippen LogP contribution is 2.17. The van der Waals surface area contributed by atoms with Crippen molar-refractivity contribution in [2.45, 2.75) is 6.54 Å². The third kappa shape index (κ3) is 2.59. The molecule has 3 nitrogen and oxygen atoms in total. The number of nitrogens with two attached hydrogens (primary N) is 1. The molecule has 0 amide bonds. The molecule has 0 saturated heterocycles. The van der Waals surface area contributed by atoms with Crippen molar-refractivity contribution >= 4 is 16.6 Å². The van der Waals surface area contributed by atoms with E-state index in [1.807, 2.05) is 41.1 Å². The van der Waals surface area contributed by atoms with Gasteiger partial charge < -0.3 is 15.0 Å². The summed E-state index contributed by atoms with van der Waals surface area (Å²) in [4.78, 5) is 0. The van der Waals surface area contributed by atoms with Gasteiger partial charge in [0.1, 0.15) is 18.2 Å². The summed E-state index contributed by atoms with van der Waals surface area (Å²) in [6.45, 7) is 1.25. The van der Waals surface area contributed by atoms with Crippen molar-refractivity contribution in [2.24, 2.45) is 0 Å². The van der Waals surface area contributed by atoms with Gasteiger partial charge in [0, 0.05) is 22.8 Å². The molecule has 4 heteroatoms. The van der Waals surface area contributed by atoms with Gasteiger partial charge in [-0.2, -0.15) is 0 Å². The van der Waals surface area contributed by atoms with Crippen LogP contribution in [0.15, 0.2) is 54.7 Å². The van der Waals surface area contributed by atoms with Gasteiger partial charge in [-0.3, -0.25) is 0 Å². The first kappa shape index (κ1) is 12.5. The molecule has 0 aliphatic carbocycles. The number of nitrogen functional groups attached to an aromatic ring is 1. The molecule has 0 bridgehead atoms. The molecule has 102 valence electrons. The van der Waals surface area contributed by atoms with Crippen LogP contribution in [-0.4, -0.2) is 11.2 Å². The van der Waals surface area contributed by atoms with Gasteiger partial charge in [-0.25, -0.2) is 4.39 Å². The van der Waals surface area contributed by atoms with Crippen molar-refractivity contribution in [3.05, 3.63) is 60.5 Å². The molecular weight excluding hydrogens is 255 g/mol. The lowest BCUT2D eigenvalue weighted by Crippen LogP contribution is -2.07. The fourth-order valence-corrected chi connectivity index (χ4v) is 2.19. The minimum atomic E-state index is -0.214. The van der Waals surface area contributed by atoms with Crippen LogP contribution >= 0.6 is 0 Å². The summed E-state index contributed by atoms with van der Waals surface area (Å²) in [5, 5.41) is 0.900. The van der Waals surface area contributed by atoms with Crippen LogP contribution in [0.25, 0.3) is 10.9 Å². The molecule has 3 rings (SSSR count). The zero-order valence-corrected chi connectivity index (χ0v) is 10.9. The quantitative estimate of drug-likeness (QED) is 0.738. The number of halogens is 1. The molecule has 1 heterocycles. The third-order valence-electron chi connectivity index (χ3n) is 3.21. The second-order valence-corrected chi connectivity index (χ2v) is 4.63. The van der Waals surface area contributed by atoms with E-state index in [1.54, 1.807) is 6.07 Å². The highest BCUT2D eigenvalue weighted by molar-refractivity contribution is 5.80. The van der Waals surface area contributed by atoms with Gasteiger partial charge in [0.25, 0.3) is 0 Å². The topological polar surface area (TPSA) is 40.2 Å². The molecule has 20 heavy (non-hydrogen) atoms. The predicted molar refractivity (Wildman–Crippen MR) is 78.2 cm³/mol. The zero-order valence-electron chi connectivity index (χ0n) is 10.9. The third-order valence-corrected chi connectivity index (χ3v) is 3.21. The van der Waals surface area contributed by atoms with Gasteiger partial charge in [0.15, 0.2) is 0 Å². The average Bonchev–Trinajstić information content (AvgIpc) is 2.83. The molecule has 0 saturated carbocycles. The predicted octanol–water partition coefficient (Wildman–Crippen LogP) is 3.44. The Balaban J connectivity index is 1.66. The number of ether oxygens (including phenoxy) is 1. The van der Waals surface area contributed by atoms with E-state index in [1.165, 1.54) is 12.1 Å². The van der Waals surface area contributed by atoms with E-state index < -0.39 is 0 Å². The van der Waals surface area contributed by atoms with E-state index >= 15 is 0 Å². The lowest BCUT2D eigenvalue weighted by molar-refractivity contribution is 0.300. The van der Waals surface area contributed by atoms with E-state index in [-0.39, 0.29) is 5.82 Å². The molecule has 0 spiro atoms. The summed E-state index contributed by atoms with van der Waals surface area (Å²) in [6.07, 6.45) is 1.94. The second kappa shape index (κ2) is 5.25. The van der Waals surface area contributed by atoms with Crippen molar-refractivity contribution in [1.82, 2.24) is 4.57 Å². The Morgan fingerprint density at radius 2 is 1.85 bits per heavy atom. The van der Waals surface area contributed by atoms with Crippen molar-refractivity contribution in [2.75, 3.05) is 12.3 Å². The SMILES string of the molecule is Nc1ccc(OCCn2ccc3cc(F)ccc32)cc1. The highest BCUT2D eigenvalue weighted by atomic mass is 19.1. The normalized spacial score (nSPS) is 10.8. The number of hydrogen-bond acceptors (Lipinski definition) is 2. The fourth-order valence-electron chi connectivity index (χ4n) is 2.19. The van der Waals surface area contributed by atoms with Crippen molar-refractivity contribution < 1.29 is 9.13 Å². The molecule has 0 unspecified atom stereocenters. The first-order valence-corrected chi connectivity index (χ1v) is 6.45. The first-order valence-electron chi connectivity index (χ1n) is 6.45. The van der Waals surface area contributed by atoms with E-state index in [4.69, 9.17) is 10.5 Å². The molecule has 0 aliphatic heterocycles. The van der Waals surface area contributed by atoms with Crippen LogP contribution in [0.4, 0.5) is 10.1 Å². The van der Waals surface area contributed by atoms with E-state index in [9.17, 15) is 4.39 Å².